The molecule has 2 heterocycles. The Balaban J connectivity index is 1.55. The Morgan fingerprint density at radius 2 is 2.00 bits per heavy atom. The van der Waals surface area contributed by atoms with E-state index in [-0.39, 0.29) is 5.91 Å². The maximum atomic E-state index is 11.6. The molecule has 7 heteroatoms. The van der Waals surface area contributed by atoms with Crippen LogP contribution in [0.2, 0.25) is 0 Å². The van der Waals surface area contributed by atoms with Gasteiger partial charge in [0.05, 0.1) is 25.3 Å². The summed E-state index contributed by atoms with van der Waals surface area (Å²) < 4.78 is 5.36. The van der Waals surface area contributed by atoms with Crippen molar-refractivity contribution >= 4 is 16.8 Å². The second-order valence-corrected chi connectivity index (χ2v) is 9.18. The molecule has 7 nitrogen and oxygen atoms in total. The quantitative estimate of drug-likeness (QED) is 0.448. The molecule has 0 spiro atoms. The molecule has 1 saturated heterocycles. The van der Waals surface area contributed by atoms with E-state index in [0.717, 1.165) is 61.1 Å². The number of likely N-dealkylation sites (tertiary alicyclic amines) is 1. The van der Waals surface area contributed by atoms with Crippen molar-refractivity contribution in [3.05, 3.63) is 36.0 Å². The number of primary amides is 1. The maximum Gasteiger partial charge on any atom is 0.231 e. The largest absolute Gasteiger partial charge is 0.497 e. The Morgan fingerprint density at radius 1 is 1.24 bits per heavy atom. The van der Waals surface area contributed by atoms with Crippen LogP contribution >= 0.6 is 0 Å². The molecule has 1 amide bonds. The van der Waals surface area contributed by atoms with E-state index in [1.54, 1.807) is 13.3 Å². The average Bonchev–Trinajstić information content (AvgIpc) is 2.82. The zero-order valence-corrected chi connectivity index (χ0v) is 20.2. The van der Waals surface area contributed by atoms with Gasteiger partial charge >= 0.3 is 0 Å². The molecule has 1 aromatic heterocycles. The van der Waals surface area contributed by atoms with Crippen LogP contribution < -0.4 is 10.5 Å². The normalized spacial score (nSPS) is 16.4. The number of pyridine rings is 1. The Labute approximate surface area is 197 Å². The molecule has 3 rings (SSSR count). The third-order valence-corrected chi connectivity index (χ3v) is 6.75. The number of nitrogens with zero attached hydrogens (tertiary/aromatic N) is 3. The van der Waals surface area contributed by atoms with Crippen molar-refractivity contribution in [3.8, 4) is 5.75 Å². The summed E-state index contributed by atoms with van der Waals surface area (Å²) in [5, 5.41) is 12.0. The number of methoxy groups -OCH3 is 1. The number of ether oxygens (including phenoxy) is 1. The summed E-state index contributed by atoms with van der Waals surface area (Å²) in [6, 6.07) is 8.02. The molecule has 33 heavy (non-hydrogen) atoms. The number of aliphatic hydroxyl groups excluding tert-OH is 1. The lowest BCUT2D eigenvalue weighted by Gasteiger charge is -2.38. The Kier molecular flexibility index (Phi) is 9.91. The zero-order valence-electron chi connectivity index (χ0n) is 20.2. The number of amides is 1. The van der Waals surface area contributed by atoms with Crippen LogP contribution in [0.3, 0.4) is 0 Å². The molecule has 0 bridgehead atoms. The predicted molar refractivity (Wildman–Crippen MR) is 132 cm³/mol. The lowest BCUT2D eigenvalue weighted by Crippen LogP contribution is -2.48. The topological polar surface area (TPSA) is 91.9 Å². The molecule has 1 aliphatic heterocycles. The molecule has 0 aliphatic carbocycles. The number of hydrogen-bond acceptors (Lipinski definition) is 6. The van der Waals surface area contributed by atoms with Gasteiger partial charge in [-0.2, -0.15) is 0 Å². The van der Waals surface area contributed by atoms with Gasteiger partial charge in [0.2, 0.25) is 5.91 Å². The number of benzene rings is 1. The van der Waals surface area contributed by atoms with Crippen molar-refractivity contribution in [2.75, 3.05) is 39.8 Å². The van der Waals surface area contributed by atoms with Gasteiger partial charge in [0.25, 0.3) is 0 Å². The van der Waals surface area contributed by atoms with Crippen molar-refractivity contribution < 1.29 is 14.6 Å². The van der Waals surface area contributed by atoms with Crippen LogP contribution in [0.1, 0.15) is 63.5 Å². The highest BCUT2D eigenvalue weighted by atomic mass is 16.5. The minimum absolute atomic E-state index is 0.249. The fourth-order valence-electron chi connectivity index (χ4n) is 4.88. The highest BCUT2D eigenvalue weighted by molar-refractivity contribution is 5.83. The Morgan fingerprint density at radius 3 is 2.70 bits per heavy atom. The van der Waals surface area contributed by atoms with Crippen molar-refractivity contribution in [1.82, 2.24) is 14.8 Å². The highest BCUT2D eigenvalue weighted by Gasteiger charge is 2.27. The van der Waals surface area contributed by atoms with E-state index >= 15 is 0 Å². The van der Waals surface area contributed by atoms with Gasteiger partial charge in [0, 0.05) is 24.2 Å². The van der Waals surface area contributed by atoms with Crippen LogP contribution in [0.25, 0.3) is 10.9 Å². The first-order chi connectivity index (χ1) is 16.0. The molecule has 1 atom stereocenters. The lowest BCUT2D eigenvalue weighted by molar-refractivity contribution is -0.120. The molecule has 0 radical (unpaired) electrons. The highest BCUT2D eigenvalue weighted by Crippen LogP contribution is 2.28. The predicted octanol–water partition coefficient (Wildman–Crippen LogP) is 3.50. The number of fused-ring (bicyclic) bond motifs is 1. The SMILES string of the molecule is CCCCCCCN(CC(N)=O)C1CCN(C[C@H](O)c2ccnc3ccc(OC)cc23)CC1. The summed E-state index contributed by atoms with van der Waals surface area (Å²) in [6.45, 7) is 5.88. The first-order valence-corrected chi connectivity index (χ1v) is 12.4. The van der Waals surface area contributed by atoms with Crippen LogP contribution in [-0.4, -0.2) is 71.7 Å². The monoisotopic (exact) mass is 456 g/mol. The number of rotatable bonds is 13. The summed E-state index contributed by atoms with van der Waals surface area (Å²) in [5.41, 5.74) is 7.27. The molecule has 3 N–H and O–H groups in total. The van der Waals surface area contributed by atoms with Crippen molar-refractivity contribution in [2.24, 2.45) is 5.73 Å². The van der Waals surface area contributed by atoms with Crippen LogP contribution in [-0.2, 0) is 4.79 Å². The fraction of sp³-hybridized carbons (Fsp3) is 0.615. The van der Waals surface area contributed by atoms with Crippen LogP contribution in [0.4, 0.5) is 0 Å². The Hall–Kier alpha value is -2.22. The first-order valence-electron chi connectivity index (χ1n) is 12.4. The van der Waals surface area contributed by atoms with E-state index in [9.17, 15) is 9.90 Å². The van der Waals surface area contributed by atoms with Crippen molar-refractivity contribution in [3.63, 3.8) is 0 Å². The molecule has 0 saturated carbocycles. The smallest absolute Gasteiger partial charge is 0.231 e. The van der Waals surface area contributed by atoms with E-state index in [1.807, 2.05) is 24.3 Å². The number of piperidine rings is 1. The maximum absolute atomic E-state index is 11.6. The second-order valence-electron chi connectivity index (χ2n) is 9.18. The van der Waals surface area contributed by atoms with E-state index in [4.69, 9.17) is 10.5 Å². The lowest BCUT2D eigenvalue weighted by atomic mass is 9.99. The van der Waals surface area contributed by atoms with Gasteiger partial charge in [-0.05, 0) is 68.7 Å². The standard InChI is InChI=1S/C26H40N4O3/c1-3-4-5-6-7-14-30(19-26(27)32)20-11-15-29(16-12-20)18-25(31)22-10-13-28-24-9-8-21(33-2)17-23(22)24/h8-10,13,17,20,25,31H,3-7,11-12,14-16,18-19H2,1-2H3,(H2,27,32)/t25-/m0/s1. The van der Waals surface area contributed by atoms with Crippen LogP contribution in [0.5, 0.6) is 5.75 Å². The second kappa shape index (κ2) is 12.9. The number of β-amino-alcohol motifs (C(OH)–C–C–N with tert-alkyl or cyclic N) is 1. The zero-order chi connectivity index (χ0) is 23.6. The summed E-state index contributed by atoms with van der Waals surface area (Å²) in [4.78, 5) is 20.6. The van der Waals surface area contributed by atoms with Gasteiger partial charge < -0.3 is 20.5 Å². The number of aromatic nitrogens is 1. The Bertz CT molecular complexity index is 883. The van der Waals surface area contributed by atoms with E-state index in [1.165, 1.54) is 25.7 Å². The third kappa shape index (κ3) is 7.39. The van der Waals surface area contributed by atoms with Crippen molar-refractivity contribution in [2.45, 2.75) is 64.0 Å². The number of nitrogens with two attached hydrogens (primary N) is 1. The van der Waals surface area contributed by atoms with Gasteiger partial charge in [0.15, 0.2) is 0 Å². The molecular formula is C26H40N4O3. The van der Waals surface area contributed by atoms with Gasteiger partial charge in [-0.1, -0.05) is 32.6 Å². The molecule has 0 unspecified atom stereocenters. The molecule has 1 aliphatic rings. The third-order valence-electron chi connectivity index (χ3n) is 6.75. The first kappa shape index (κ1) is 25.4. The molecule has 2 aromatic rings. The number of carbonyl (C=O) groups is 1. The fourth-order valence-corrected chi connectivity index (χ4v) is 4.88. The summed E-state index contributed by atoms with van der Waals surface area (Å²) in [5.74, 6) is 0.510. The van der Waals surface area contributed by atoms with Crippen LogP contribution in [0, 0.1) is 0 Å². The van der Waals surface area contributed by atoms with Gasteiger partial charge in [0.1, 0.15) is 5.75 Å². The summed E-state index contributed by atoms with van der Waals surface area (Å²) in [7, 11) is 1.64. The van der Waals surface area contributed by atoms with Gasteiger partial charge in [-0.25, -0.2) is 0 Å². The van der Waals surface area contributed by atoms with E-state index in [0.29, 0.717) is 19.1 Å². The van der Waals surface area contributed by atoms with E-state index < -0.39 is 6.10 Å². The molecule has 182 valence electrons. The number of unbranched alkanes of at least 4 members (excludes halogenated alkanes) is 4. The number of hydrogen-bond donors (Lipinski definition) is 2. The van der Waals surface area contributed by atoms with Crippen molar-refractivity contribution in [1.29, 1.82) is 0 Å². The minimum atomic E-state index is -0.598. The van der Waals surface area contributed by atoms with Gasteiger partial charge in [-0.3, -0.25) is 14.7 Å². The summed E-state index contributed by atoms with van der Waals surface area (Å²) >= 11 is 0. The van der Waals surface area contributed by atoms with E-state index in [2.05, 4.69) is 21.7 Å². The molecular weight excluding hydrogens is 416 g/mol. The summed E-state index contributed by atoms with van der Waals surface area (Å²) in [6.07, 6.45) is 9.21. The average molecular weight is 457 g/mol. The number of carbonyl (C=O) groups excluding carboxylic acids is 1. The number of aliphatic hydroxyl groups is 1. The molecule has 1 aromatic carbocycles. The minimum Gasteiger partial charge on any atom is -0.497 e. The van der Waals surface area contributed by atoms with Gasteiger partial charge in [-0.15, -0.1) is 0 Å². The molecule has 1 fully saturated rings. The van der Waals surface area contributed by atoms with Crippen LogP contribution in [0.15, 0.2) is 30.5 Å².